The fraction of sp³-hybridized carbons (Fsp3) is 0.412. The summed E-state index contributed by atoms with van der Waals surface area (Å²) in [7, 11) is 0. The molecule has 2 aromatic heterocycles. The van der Waals surface area contributed by atoms with E-state index >= 15 is 0 Å². The van der Waals surface area contributed by atoms with Crippen LogP contribution >= 0.6 is 0 Å². The molecule has 0 N–H and O–H groups in total. The topological polar surface area (TPSA) is 72.9 Å². The van der Waals surface area contributed by atoms with Crippen molar-refractivity contribution in [3.8, 4) is 0 Å². The number of aromatic nitrogens is 5. The molecule has 24 heavy (non-hydrogen) atoms. The molecule has 7 nitrogen and oxygen atoms in total. The molecule has 0 unspecified atom stereocenters. The van der Waals surface area contributed by atoms with Crippen LogP contribution < -0.4 is 0 Å². The lowest BCUT2D eigenvalue weighted by molar-refractivity contribution is 0.199. The minimum absolute atomic E-state index is 0.257. The number of hydrogen-bond donors (Lipinski definition) is 0. The lowest BCUT2D eigenvalue weighted by Gasteiger charge is -2.21. The van der Waals surface area contributed by atoms with Gasteiger partial charge in [-0.25, -0.2) is 4.68 Å². The van der Waals surface area contributed by atoms with Gasteiger partial charge in [-0.1, -0.05) is 35.5 Å². The van der Waals surface area contributed by atoms with Gasteiger partial charge in [0.2, 0.25) is 0 Å². The van der Waals surface area contributed by atoms with Crippen molar-refractivity contribution in [3.63, 3.8) is 0 Å². The number of hydrogen-bond acceptors (Lipinski definition) is 6. The van der Waals surface area contributed by atoms with Gasteiger partial charge in [0.25, 0.3) is 0 Å². The predicted octanol–water partition coefficient (Wildman–Crippen LogP) is 2.35. The minimum atomic E-state index is 0.257. The van der Waals surface area contributed by atoms with Gasteiger partial charge in [0.1, 0.15) is 0 Å². The van der Waals surface area contributed by atoms with E-state index in [1.807, 2.05) is 35.9 Å². The van der Waals surface area contributed by atoms with Gasteiger partial charge in [-0.15, -0.1) is 5.10 Å². The molecular formula is C17H20N6O. The summed E-state index contributed by atoms with van der Waals surface area (Å²) in [5, 5.41) is 16.3. The predicted molar refractivity (Wildman–Crippen MR) is 87.0 cm³/mol. The molecule has 0 aliphatic carbocycles. The number of aryl methyl sites for hydroxylation is 1. The summed E-state index contributed by atoms with van der Waals surface area (Å²) in [5.74, 6) is 1.81. The maximum Gasteiger partial charge on any atom is 0.165 e. The average molecular weight is 324 g/mol. The lowest BCUT2D eigenvalue weighted by Crippen LogP contribution is -2.25. The van der Waals surface area contributed by atoms with Crippen molar-refractivity contribution >= 4 is 0 Å². The Morgan fingerprint density at radius 3 is 2.88 bits per heavy atom. The first kappa shape index (κ1) is 15.0. The summed E-state index contributed by atoms with van der Waals surface area (Å²) < 4.78 is 7.34. The van der Waals surface area contributed by atoms with E-state index in [0.717, 1.165) is 36.7 Å². The monoisotopic (exact) mass is 324 g/mol. The van der Waals surface area contributed by atoms with Crippen LogP contribution in [-0.2, 0) is 13.1 Å². The molecule has 1 atom stereocenters. The highest BCUT2D eigenvalue weighted by Gasteiger charge is 2.30. The normalized spacial score (nSPS) is 18.3. The second kappa shape index (κ2) is 6.52. The van der Waals surface area contributed by atoms with Gasteiger partial charge in [0, 0.05) is 6.07 Å². The van der Waals surface area contributed by atoms with E-state index in [0.29, 0.717) is 13.1 Å². The smallest absolute Gasteiger partial charge is 0.165 e. The van der Waals surface area contributed by atoms with E-state index in [9.17, 15) is 0 Å². The van der Waals surface area contributed by atoms with Gasteiger partial charge in [0.05, 0.1) is 24.8 Å². The number of tetrazole rings is 1. The Bertz CT molecular complexity index is 796. The molecule has 3 heterocycles. The zero-order valence-electron chi connectivity index (χ0n) is 13.7. The van der Waals surface area contributed by atoms with Gasteiger partial charge in [0.15, 0.2) is 11.6 Å². The van der Waals surface area contributed by atoms with Crippen molar-refractivity contribution in [3.05, 3.63) is 59.2 Å². The van der Waals surface area contributed by atoms with Gasteiger partial charge < -0.3 is 4.52 Å². The third kappa shape index (κ3) is 3.07. The highest BCUT2D eigenvalue weighted by molar-refractivity contribution is 5.15. The molecule has 1 aromatic carbocycles. The van der Waals surface area contributed by atoms with E-state index in [4.69, 9.17) is 4.52 Å². The van der Waals surface area contributed by atoms with Crippen LogP contribution in [0, 0.1) is 6.92 Å². The molecule has 1 saturated heterocycles. The SMILES string of the molecule is Cc1cc([C@H]2CCCN2Cc2nnnn2Cc2ccccc2)on1. The molecule has 3 aromatic rings. The minimum Gasteiger partial charge on any atom is -0.359 e. The van der Waals surface area contributed by atoms with Crippen molar-refractivity contribution in [2.24, 2.45) is 0 Å². The zero-order chi connectivity index (χ0) is 16.4. The Balaban J connectivity index is 1.50. The van der Waals surface area contributed by atoms with E-state index in [2.05, 4.69) is 37.7 Å². The molecule has 0 saturated carbocycles. The molecule has 0 amide bonds. The largest absolute Gasteiger partial charge is 0.359 e. The van der Waals surface area contributed by atoms with Crippen molar-refractivity contribution in [2.45, 2.75) is 38.9 Å². The van der Waals surface area contributed by atoms with Gasteiger partial charge in [-0.3, -0.25) is 4.90 Å². The van der Waals surface area contributed by atoms with Crippen LogP contribution in [0.15, 0.2) is 40.9 Å². The fourth-order valence-corrected chi connectivity index (χ4v) is 3.28. The highest BCUT2D eigenvalue weighted by atomic mass is 16.5. The summed E-state index contributed by atoms with van der Waals surface area (Å²) in [6.07, 6.45) is 2.22. The lowest BCUT2D eigenvalue weighted by atomic mass is 10.1. The summed E-state index contributed by atoms with van der Waals surface area (Å²) in [5.41, 5.74) is 2.11. The maximum atomic E-state index is 5.47. The van der Waals surface area contributed by atoms with Gasteiger partial charge in [-0.05, 0) is 42.3 Å². The average Bonchev–Trinajstić information content (AvgIpc) is 3.31. The standard InChI is InChI=1S/C17H20N6O/c1-13-10-16(24-19-13)15-8-5-9-22(15)12-17-18-20-21-23(17)11-14-6-3-2-4-7-14/h2-4,6-7,10,15H,5,8-9,11-12H2,1H3/t15-/m1/s1. The molecule has 0 bridgehead atoms. The number of nitrogens with zero attached hydrogens (tertiary/aromatic N) is 6. The van der Waals surface area contributed by atoms with Crippen LogP contribution in [0.5, 0.6) is 0 Å². The summed E-state index contributed by atoms with van der Waals surface area (Å²) >= 11 is 0. The molecular weight excluding hydrogens is 304 g/mol. The molecule has 7 heteroatoms. The molecule has 4 rings (SSSR count). The third-order valence-corrected chi connectivity index (χ3v) is 4.46. The van der Waals surface area contributed by atoms with Gasteiger partial charge in [-0.2, -0.15) is 0 Å². The molecule has 1 aliphatic heterocycles. The van der Waals surface area contributed by atoms with Crippen LogP contribution in [-0.4, -0.2) is 36.8 Å². The Hall–Kier alpha value is -2.54. The fourth-order valence-electron chi connectivity index (χ4n) is 3.28. The first-order valence-corrected chi connectivity index (χ1v) is 8.26. The number of rotatable bonds is 5. The summed E-state index contributed by atoms with van der Waals surface area (Å²) in [4.78, 5) is 2.37. The third-order valence-electron chi connectivity index (χ3n) is 4.46. The van der Waals surface area contributed by atoms with Crippen LogP contribution in [0.4, 0.5) is 0 Å². The van der Waals surface area contributed by atoms with Crippen molar-refractivity contribution < 1.29 is 4.52 Å². The summed E-state index contributed by atoms with van der Waals surface area (Å²) in [6, 6.07) is 12.5. The Kier molecular flexibility index (Phi) is 4.08. The van der Waals surface area contributed by atoms with Crippen LogP contribution in [0.2, 0.25) is 0 Å². The Morgan fingerprint density at radius 2 is 2.08 bits per heavy atom. The van der Waals surface area contributed by atoms with E-state index in [1.165, 1.54) is 5.56 Å². The number of likely N-dealkylation sites (tertiary alicyclic amines) is 1. The van der Waals surface area contributed by atoms with E-state index in [-0.39, 0.29) is 6.04 Å². The van der Waals surface area contributed by atoms with Crippen molar-refractivity contribution in [2.75, 3.05) is 6.54 Å². The van der Waals surface area contributed by atoms with Crippen LogP contribution in [0.1, 0.15) is 41.7 Å². The van der Waals surface area contributed by atoms with Crippen molar-refractivity contribution in [1.29, 1.82) is 0 Å². The molecule has 0 spiro atoms. The maximum absolute atomic E-state index is 5.47. The first-order valence-electron chi connectivity index (χ1n) is 8.26. The number of benzene rings is 1. The second-order valence-electron chi connectivity index (χ2n) is 6.24. The van der Waals surface area contributed by atoms with Crippen molar-refractivity contribution in [1.82, 2.24) is 30.3 Å². The molecule has 1 fully saturated rings. The Morgan fingerprint density at radius 1 is 1.21 bits per heavy atom. The molecule has 0 radical (unpaired) electrons. The molecule has 124 valence electrons. The van der Waals surface area contributed by atoms with Crippen LogP contribution in [0.25, 0.3) is 0 Å². The quantitative estimate of drug-likeness (QED) is 0.717. The van der Waals surface area contributed by atoms with Gasteiger partial charge >= 0.3 is 0 Å². The summed E-state index contributed by atoms with van der Waals surface area (Å²) in [6.45, 7) is 4.36. The second-order valence-corrected chi connectivity index (χ2v) is 6.24. The highest BCUT2D eigenvalue weighted by Crippen LogP contribution is 2.33. The van der Waals surface area contributed by atoms with E-state index in [1.54, 1.807) is 0 Å². The molecule has 1 aliphatic rings. The first-order chi connectivity index (χ1) is 11.8. The zero-order valence-corrected chi connectivity index (χ0v) is 13.7. The Labute approximate surface area is 140 Å². The van der Waals surface area contributed by atoms with E-state index < -0.39 is 0 Å². The van der Waals surface area contributed by atoms with Crippen LogP contribution in [0.3, 0.4) is 0 Å².